The van der Waals surface area contributed by atoms with Crippen molar-refractivity contribution in [2.24, 2.45) is 5.92 Å². The quantitative estimate of drug-likeness (QED) is 0.776. The third-order valence-corrected chi connectivity index (χ3v) is 2.76. The second kappa shape index (κ2) is 6.59. The van der Waals surface area contributed by atoms with Crippen LogP contribution in [0.5, 0.6) is 0 Å². The van der Waals surface area contributed by atoms with E-state index in [1.54, 1.807) is 7.11 Å². The molecule has 0 spiro atoms. The summed E-state index contributed by atoms with van der Waals surface area (Å²) in [5.41, 5.74) is 2.63. The molecule has 2 heteroatoms. The highest BCUT2D eigenvalue weighted by atomic mass is 16.5. The zero-order valence-electron chi connectivity index (χ0n) is 9.57. The summed E-state index contributed by atoms with van der Waals surface area (Å²) in [5, 5.41) is 9.25. The Kier molecular flexibility index (Phi) is 5.37. The molecule has 1 aromatic carbocycles. The number of hydrogen-bond donors (Lipinski definition) is 1. The molecule has 0 aliphatic carbocycles. The van der Waals surface area contributed by atoms with E-state index in [4.69, 9.17) is 4.74 Å². The van der Waals surface area contributed by atoms with E-state index in [-0.39, 0.29) is 6.61 Å². The van der Waals surface area contributed by atoms with Crippen LogP contribution in [0, 0.1) is 12.8 Å². The van der Waals surface area contributed by atoms with Crippen LogP contribution in [0.1, 0.15) is 17.5 Å². The first-order valence-electron chi connectivity index (χ1n) is 5.42. The third-order valence-electron chi connectivity index (χ3n) is 2.76. The summed E-state index contributed by atoms with van der Waals surface area (Å²) in [7, 11) is 1.70. The van der Waals surface area contributed by atoms with E-state index in [1.807, 2.05) is 12.1 Å². The standard InChI is InChI=1S/C13H20O2/c1-11-5-3-4-6-13(11)9-12(10-14)7-8-15-2/h3-6,12,14H,7-10H2,1-2H3. The Bertz CT molecular complexity index is 284. The van der Waals surface area contributed by atoms with E-state index in [0.29, 0.717) is 5.92 Å². The molecular formula is C13H20O2. The largest absolute Gasteiger partial charge is 0.396 e. The van der Waals surface area contributed by atoms with Gasteiger partial charge in [0.1, 0.15) is 0 Å². The summed E-state index contributed by atoms with van der Waals surface area (Å²) in [6.07, 6.45) is 1.86. The van der Waals surface area contributed by atoms with Crippen molar-refractivity contribution in [2.75, 3.05) is 20.3 Å². The molecular weight excluding hydrogens is 188 g/mol. The van der Waals surface area contributed by atoms with E-state index in [1.165, 1.54) is 11.1 Å². The summed E-state index contributed by atoms with van der Waals surface area (Å²) >= 11 is 0. The number of aliphatic hydroxyl groups excluding tert-OH is 1. The Balaban J connectivity index is 2.54. The molecule has 0 aliphatic heterocycles. The minimum absolute atomic E-state index is 0.234. The Hall–Kier alpha value is -0.860. The van der Waals surface area contributed by atoms with E-state index < -0.39 is 0 Å². The van der Waals surface area contributed by atoms with Gasteiger partial charge in [-0.25, -0.2) is 0 Å². The van der Waals surface area contributed by atoms with Crippen molar-refractivity contribution in [3.63, 3.8) is 0 Å². The molecule has 0 heterocycles. The predicted molar refractivity (Wildman–Crippen MR) is 62.0 cm³/mol. The number of methoxy groups -OCH3 is 1. The molecule has 15 heavy (non-hydrogen) atoms. The van der Waals surface area contributed by atoms with Gasteiger partial charge in [-0.1, -0.05) is 24.3 Å². The summed E-state index contributed by atoms with van der Waals surface area (Å²) in [5.74, 6) is 0.311. The minimum atomic E-state index is 0.234. The van der Waals surface area contributed by atoms with Crippen molar-refractivity contribution in [2.45, 2.75) is 19.8 Å². The number of benzene rings is 1. The first-order valence-corrected chi connectivity index (χ1v) is 5.42. The lowest BCUT2D eigenvalue weighted by molar-refractivity contribution is 0.147. The zero-order valence-corrected chi connectivity index (χ0v) is 9.57. The number of rotatable bonds is 6. The highest BCUT2D eigenvalue weighted by molar-refractivity contribution is 5.25. The number of ether oxygens (including phenoxy) is 1. The molecule has 84 valence electrons. The lowest BCUT2D eigenvalue weighted by atomic mass is 9.94. The number of aliphatic hydroxyl groups is 1. The maximum Gasteiger partial charge on any atom is 0.0465 e. The van der Waals surface area contributed by atoms with Crippen LogP contribution in [0.25, 0.3) is 0 Å². The van der Waals surface area contributed by atoms with E-state index in [0.717, 1.165) is 19.4 Å². The number of hydrogen-bond acceptors (Lipinski definition) is 2. The van der Waals surface area contributed by atoms with Crippen LogP contribution in [0.3, 0.4) is 0 Å². The first-order chi connectivity index (χ1) is 7.27. The van der Waals surface area contributed by atoms with Gasteiger partial charge in [0.05, 0.1) is 0 Å². The molecule has 0 saturated heterocycles. The Morgan fingerprint density at radius 2 is 2.07 bits per heavy atom. The molecule has 0 aromatic heterocycles. The first kappa shape index (κ1) is 12.2. The summed E-state index contributed by atoms with van der Waals surface area (Å²) < 4.78 is 5.03. The molecule has 1 N–H and O–H groups in total. The van der Waals surface area contributed by atoms with E-state index in [2.05, 4.69) is 19.1 Å². The summed E-state index contributed by atoms with van der Waals surface area (Å²) in [6, 6.07) is 8.33. The second-order valence-corrected chi connectivity index (χ2v) is 3.96. The van der Waals surface area contributed by atoms with Crippen LogP contribution in [-0.4, -0.2) is 25.4 Å². The van der Waals surface area contributed by atoms with E-state index >= 15 is 0 Å². The lowest BCUT2D eigenvalue weighted by Gasteiger charge is -2.14. The Morgan fingerprint density at radius 1 is 1.33 bits per heavy atom. The molecule has 1 rings (SSSR count). The zero-order chi connectivity index (χ0) is 11.1. The molecule has 0 radical (unpaired) electrons. The molecule has 0 aliphatic rings. The van der Waals surface area contributed by atoms with Gasteiger partial charge in [-0.15, -0.1) is 0 Å². The number of aryl methyl sites for hydroxylation is 1. The molecule has 1 unspecified atom stereocenters. The van der Waals surface area contributed by atoms with Crippen LogP contribution >= 0.6 is 0 Å². The van der Waals surface area contributed by atoms with Gasteiger partial charge in [0.2, 0.25) is 0 Å². The molecule has 0 saturated carbocycles. The minimum Gasteiger partial charge on any atom is -0.396 e. The molecule has 1 atom stereocenters. The van der Waals surface area contributed by atoms with Crippen LogP contribution in [0.4, 0.5) is 0 Å². The topological polar surface area (TPSA) is 29.5 Å². The van der Waals surface area contributed by atoms with Crippen LogP contribution in [0.2, 0.25) is 0 Å². The van der Waals surface area contributed by atoms with Gasteiger partial charge in [0.15, 0.2) is 0 Å². The van der Waals surface area contributed by atoms with Gasteiger partial charge < -0.3 is 9.84 Å². The maximum absolute atomic E-state index is 9.25. The van der Waals surface area contributed by atoms with Gasteiger partial charge in [-0.3, -0.25) is 0 Å². The highest BCUT2D eigenvalue weighted by Crippen LogP contribution is 2.15. The van der Waals surface area contributed by atoms with Gasteiger partial charge in [0.25, 0.3) is 0 Å². The van der Waals surface area contributed by atoms with Crippen LogP contribution < -0.4 is 0 Å². The van der Waals surface area contributed by atoms with Crippen molar-refractivity contribution in [3.05, 3.63) is 35.4 Å². The molecule has 0 amide bonds. The SMILES string of the molecule is COCCC(CO)Cc1ccccc1C. The van der Waals surface area contributed by atoms with Gasteiger partial charge in [0, 0.05) is 20.3 Å². The predicted octanol–water partition coefficient (Wildman–Crippen LogP) is 2.18. The fraction of sp³-hybridized carbons (Fsp3) is 0.538. The van der Waals surface area contributed by atoms with Crippen LogP contribution in [-0.2, 0) is 11.2 Å². The van der Waals surface area contributed by atoms with Gasteiger partial charge in [-0.05, 0) is 36.8 Å². The summed E-state index contributed by atoms with van der Waals surface area (Å²) in [6.45, 7) is 3.06. The average Bonchev–Trinajstić information content (AvgIpc) is 2.26. The fourth-order valence-electron chi connectivity index (χ4n) is 1.69. The highest BCUT2D eigenvalue weighted by Gasteiger charge is 2.09. The smallest absolute Gasteiger partial charge is 0.0465 e. The van der Waals surface area contributed by atoms with Crippen molar-refractivity contribution in [3.8, 4) is 0 Å². The molecule has 2 nitrogen and oxygen atoms in total. The van der Waals surface area contributed by atoms with Gasteiger partial charge in [-0.2, -0.15) is 0 Å². The van der Waals surface area contributed by atoms with Gasteiger partial charge >= 0.3 is 0 Å². The van der Waals surface area contributed by atoms with E-state index in [9.17, 15) is 5.11 Å². The van der Waals surface area contributed by atoms with Crippen molar-refractivity contribution < 1.29 is 9.84 Å². The monoisotopic (exact) mass is 208 g/mol. The van der Waals surface area contributed by atoms with Crippen molar-refractivity contribution in [1.82, 2.24) is 0 Å². The second-order valence-electron chi connectivity index (χ2n) is 3.96. The summed E-state index contributed by atoms with van der Waals surface area (Å²) in [4.78, 5) is 0. The maximum atomic E-state index is 9.25. The molecule has 1 aromatic rings. The third kappa shape index (κ3) is 4.02. The van der Waals surface area contributed by atoms with Crippen molar-refractivity contribution in [1.29, 1.82) is 0 Å². The normalized spacial score (nSPS) is 12.7. The molecule has 0 fully saturated rings. The Labute approximate surface area is 91.9 Å². The fourth-order valence-corrected chi connectivity index (χ4v) is 1.69. The van der Waals surface area contributed by atoms with Crippen LogP contribution in [0.15, 0.2) is 24.3 Å². The van der Waals surface area contributed by atoms with Crippen molar-refractivity contribution >= 4 is 0 Å². The Morgan fingerprint density at radius 3 is 2.67 bits per heavy atom. The average molecular weight is 208 g/mol. The molecule has 0 bridgehead atoms. The lowest BCUT2D eigenvalue weighted by Crippen LogP contribution is -2.12.